The Hall–Kier alpha value is -0.540. The van der Waals surface area contributed by atoms with Crippen molar-refractivity contribution in [3.05, 3.63) is 56.2 Å². The first-order valence-electron chi connectivity index (χ1n) is 6.82. The molecule has 0 saturated carbocycles. The molecule has 20 heavy (non-hydrogen) atoms. The van der Waals surface area contributed by atoms with E-state index in [1.54, 1.807) is 11.3 Å². The Kier molecular flexibility index (Phi) is 5.91. The van der Waals surface area contributed by atoms with Gasteiger partial charge in [-0.2, -0.15) is 11.3 Å². The van der Waals surface area contributed by atoms with E-state index in [4.69, 9.17) is 23.2 Å². The van der Waals surface area contributed by atoms with Crippen LogP contribution in [0.1, 0.15) is 37.4 Å². The molecule has 0 amide bonds. The molecule has 1 nitrogen and oxygen atoms in total. The van der Waals surface area contributed by atoms with E-state index in [9.17, 15) is 0 Å². The minimum Gasteiger partial charge on any atom is -0.307 e. The van der Waals surface area contributed by atoms with Crippen LogP contribution in [0.3, 0.4) is 0 Å². The van der Waals surface area contributed by atoms with Gasteiger partial charge in [0.15, 0.2) is 0 Å². The standard InChI is InChI=1S/C16H19Cl2NS/c1-3-16(14-5-4-13(17)9-15(14)18)19-11(2)8-12-6-7-20-10-12/h4-7,9-11,16,19H,3,8H2,1-2H3. The van der Waals surface area contributed by atoms with Crippen molar-refractivity contribution >= 4 is 34.5 Å². The summed E-state index contributed by atoms with van der Waals surface area (Å²) in [5.74, 6) is 0. The van der Waals surface area contributed by atoms with Crippen molar-refractivity contribution < 1.29 is 0 Å². The quantitative estimate of drug-likeness (QED) is 0.714. The van der Waals surface area contributed by atoms with Crippen LogP contribution in [-0.2, 0) is 6.42 Å². The summed E-state index contributed by atoms with van der Waals surface area (Å²) in [4.78, 5) is 0. The molecular formula is C16H19Cl2NS. The minimum absolute atomic E-state index is 0.258. The summed E-state index contributed by atoms with van der Waals surface area (Å²) in [7, 11) is 0. The van der Waals surface area contributed by atoms with Crippen molar-refractivity contribution in [3.63, 3.8) is 0 Å². The number of rotatable bonds is 6. The monoisotopic (exact) mass is 327 g/mol. The lowest BCUT2D eigenvalue weighted by Gasteiger charge is -2.23. The second-order valence-electron chi connectivity index (χ2n) is 5.03. The predicted octanol–water partition coefficient (Wildman–Crippen LogP) is 5.73. The third-order valence-electron chi connectivity index (χ3n) is 3.35. The summed E-state index contributed by atoms with van der Waals surface area (Å²) in [5, 5.41) is 9.40. The van der Waals surface area contributed by atoms with E-state index in [2.05, 4.69) is 36.0 Å². The predicted molar refractivity (Wildman–Crippen MR) is 90.1 cm³/mol. The van der Waals surface area contributed by atoms with Gasteiger partial charge in [-0.25, -0.2) is 0 Å². The van der Waals surface area contributed by atoms with Gasteiger partial charge in [-0.1, -0.05) is 36.2 Å². The van der Waals surface area contributed by atoms with Crippen LogP contribution in [0.2, 0.25) is 10.0 Å². The Bertz CT molecular complexity index is 539. The molecule has 0 spiro atoms. The third-order valence-corrected chi connectivity index (χ3v) is 4.65. The minimum atomic E-state index is 0.258. The highest BCUT2D eigenvalue weighted by Crippen LogP contribution is 2.28. The van der Waals surface area contributed by atoms with E-state index in [0.29, 0.717) is 11.1 Å². The fraction of sp³-hybridized carbons (Fsp3) is 0.375. The van der Waals surface area contributed by atoms with Gasteiger partial charge in [0.25, 0.3) is 0 Å². The first kappa shape index (κ1) is 15.8. The van der Waals surface area contributed by atoms with Gasteiger partial charge >= 0.3 is 0 Å². The van der Waals surface area contributed by atoms with E-state index < -0.39 is 0 Å². The van der Waals surface area contributed by atoms with Crippen molar-refractivity contribution in [2.24, 2.45) is 0 Å². The largest absolute Gasteiger partial charge is 0.307 e. The van der Waals surface area contributed by atoms with E-state index in [-0.39, 0.29) is 6.04 Å². The van der Waals surface area contributed by atoms with Crippen molar-refractivity contribution in [2.45, 2.75) is 38.8 Å². The van der Waals surface area contributed by atoms with Gasteiger partial charge in [0.05, 0.1) is 0 Å². The highest BCUT2D eigenvalue weighted by molar-refractivity contribution is 7.07. The topological polar surface area (TPSA) is 12.0 Å². The second kappa shape index (κ2) is 7.46. The average molecular weight is 328 g/mol. The van der Waals surface area contributed by atoms with Crippen molar-refractivity contribution in [3.8, 4) is 0 Å². The van der Waals surface area contributed by atoms with Gasteiger partial charge in [0, 0.05) is 22.1 Å². The molecule has 2 atom stereocenters. The lowest BCUT2D eigenvalue weighted by atomic mass is 10.0. The van der Waals surface area contributed by atoms with Crippen molar-refractivity contribution in [1.82, 2.24) is 5.32 Å². The van der Waals surface area contributed by atoms with Crippen LogP contribution < -0.4 is 5.32 Å². The van der Waals surface area contributed by atoms with Gasteiger partial charge < -0.3 is 5.32 Å². The van der Waals surface area contributed by atoms with E-state index >= 15 is 0 Å². The van der Waals surface area contributed by atoms with Crippen LogP contribution in [0, 0.1) is 0 Å². The summed E-state index contributed by atoms with van der Waals surface area (Å²) in [6.07, 6.45) is 2.03. The molecule has 0 aliphatic carbocycles. The molecule has 1 heterocycles. The highest BCUT2D eigenvalue weighted by atomic mass is 35.5. The van der Waals surface area contributed by atoms with Crippen LogP contribution in [0.4, 0.5) is 0 Å². The molecule has 0 aliphatic heterocycles. The van der Waals surface area contributed by atoms with Crippen molar-refractivity contribution in [2.75, 3.05) is 0 Å². The first-order chi connectivity index (χ1) is 9.60. The maximum Gasteiger partial charge on any atom is 0.0468 e. The lowest BCUT2D eigenvalue weighted by molar-refractivity contribution is 0.444. The maximum atomic E-state index is 6.31. The van der Waals surface area contributed by atoms with Gasteiger partial charge in [0.2, 0.25) is 0 Å². The summed E-state index contributed by atoms with van der Waals surface area (Å²) in [5.41, 5.74) is 2.50. The Morgan fingerprint density at radius 1 is 1.25 bits per heavy atom. The molecule has 2 rings (SSSR count). The van der Waals surface area contributed by atoms with E-state index in [1.165, 1.54) is 5.56 Å². The molecule has 0 bridgehead atoms. The van der Waals surface area contributed by atoms with Gasteiger partial charge in [0.1, 0.15) is 0 Å². The molecule has 1 aromatic heterocycles. The first-order valence-corrected chi connectivity index (χ1v) is 8.52. The molecule has 0 radical (unpaired) electrons. The van der Waals surface area contributed by atoms with Crippen LogP contribution in [-0.4, -0.2) is 6.04 Å². The molecule has 2 aromatic rings. The molecule has 108 valence electrons. The molecule has 4 heteroatoms. The third kappa shape index (κ3) is 4.23. The van der Waals surface area contributed by atoms with Gasteiger partial charge in [-0.05, 0) is 59.9 Å². The molecule has 0 aliphatic rings. The van der Waals surface area contributed by atoms with Crippen LogP contribution in [0.5, 0.6) is 0 Å². The molecule has 1 aromatic carbocycles. The molecule has 2 unspecified atom stereocenters. The Morgan fingerprint density at radius 3 is 2.65 bits per heavy atom. The lowest BCUT2D eigenvalue weighted by Crippen LogP contribution is -2.32. The van der Waals surface area contributed by atoms with Crippen LogP contribution in [0.25, 0.3) is 0 Å². The van der Waals surface area contributed by atoms with Crippen LogP contribution >= 0.6 is 34.5 Å². The zero-order valence-electron chi connectivity index (χ0n) is 11.7. The van der Waals surface area contributed by atoms with E-state index in [1.807, 2.05) is 18.2 Å². The fourth-order valence-electron chi connectivity index (χ4n) is 2.38. The highest BCUT2D eigenvalue weighted by Gasteiger charge is 2.16. The van der Waals surface area contributed by atoms with Gasteiger partial charge in [-0.3, -0.25) is 0 Å². The van der Waals surface area contributed by atoms with Crippen LogP contribution in [0.15, 0.2) is 35.0 Å². The Balaban J connectivity index is 2.04. The molecule has 0 fully saturated rings. The van der Waals surface area contributed by atoms with E-state index in [0.717, 1.165) is 23.4 Å². The summed E-state index contributed by atoms with van der Waals surface area (Å²) >= 11 is 14.0. The normalized spacial score (nSPS) is 14.2. The summed E-state index contributed by atoms with van der Waals surface area (Å²) < 4.78 is 0. The zero-order valence-corrected chi connectivity index (χ0v) is 14.0. The zero-order chi connectivity index (χ0) is 14.5. The number of benzene rings is 1. The van der Waals surface area contributed by atoms with Crippen molar-refractivity contribution in [1.29, 1.82) is 0 Å². The summed E-state index contributed by atoms with van der Waals surface area (Å²) in [6.45, 7) is 4.38. The molecule has 1 N–H and O–H groups in total. The number of halogens is 2. The summed E-state index contributed by atoms with van der Waals surface area (Å²) in [6, 6.07) is 8.57. The fourth-order valence-corrected chi connectivity index (χ4v) is 3.60. The van der Waals surface area contributed by atoms with Gasteiger partial charge in [-0.15, -0.1) is 0 Å². The Labute approximate surface area is 134 Å². The SMILES string of the molecule is CCC(NC(C)Cc1ccsc1)c1ccc(Cl)cc1Cl. The maximum absolute atomic E-state index is 6.31. The Morgan fingerprint density at radius 2 is 2.05 bits per heavy atom. The number of hydrogen-bond acceptors (Lipinski definition) is 2. The average Bonchev–Trinajstić information content (AvgIpc) is 2.89. The number of thiophene rings is 1. The second-order valence-corrected chi connectivity index (χ2v) is 6.65. The smallest absolute Gasteiger partial charge is 0.0468 e. The molecule has 0 saturated heterocycles. The molecular weight excluding hydrogens is 309 g/mol. The number of hydrogen-bond donors (Lipinski definition) is 1. The number of nitrogens with one attached hydrogen (secondary N) is 1.